The largest absolute Gasteiger partial charge is 0.0909 e. The Kier molecular flexibility index (Phi) is 8.96. The Morgan fingerprint density at radius 2 is 1.15 bits per heavy atom. The quantitative estimate of drug-likeness (QED) is 0.283. The van der Waals surface area contributed by atoms with Gasteiger partial charge in [-0.15, -0.1) is 0 Å². The first-order valence-electron chi connectivity index (χ1n) is 10.3. The summed E-state index contributed by atoms with van der Waals surface area (Å²) in [4.78, 5) is 0. The van der Waals surface area contributed by atoms with E-state index in [0.29, 0.717) is 0 Å². The van der Waals surface area contributed by atoms with Crippen LogP contribution in [0.3, 0.4) is 0 Å². The molecule has 0 aromatic heterocycles. The molecule has 0 N–H and O–H groups in total. The van der Waals surface area contributed by atoms with Crippen LogP contribution in [0.25, 0.3) is 11.1 Å². The van der Waals surface area contributed by atoms with E-state index in [2.05, 4.69) is 81.1 Å². The van der Waals surface area contributed by atoms with Crippen LogP contribution in [0.4, 0.5) is 0 Å². The lowest BCUT2D eigenvalue weighted by molar-refractivity contribution is 0.712. The topological polar surface area (TPSA) is 0 Å². The maximum absolute atomic E-state index is 4.52. The van der Waals surface area contributed by atoms with Gasteiger partial charge in [-0.25, -0.2) is 0 Å². The van der Waals surface area contributed by atoms with Crippen molar-refractivity contribution in [1.82, 2.24) is 0 Å². The zero-order valence-electron chi connectivity index (χ0n) is 16.6. The van der Waals surface area contributed by atoms with Gasteiger partial charge in [-0.05, 0) is 53.5 Å². The molecular weight excluding hydrogens is 312 g/mol. The molecule has 0 atom stereocenters. The molecule has 2 aromatic carbocycles. The summed E-state index contributed by atoms with van der Waals surface area (Å²) in [6.07, 6.45) is 9.83. The van der Waals surface area contributed by atoms with Crippen molar-refractivity contribution in [3.8, 4) is 0 Å². The van der Waals surface area contributed by atoms with Crippen LogP contribution in [-0.2, 0) is 0 Å². The van der Waals surface area contributed by atoms with Gasteiger partial charge in [0.1, 0.15) is 0 Å². The first-order chi connectivity index (χ1) is 12.8. The molecule has 0 radical (unpaired) electrons. The maximum Gasteiger partial charge on any atom is -0.0187 e. The molecule has 0 heterocycles. The predicted molar refractivity (Wildman–Crippen MR) is 117 cm³/mol. The van der Waals surface area contributed by atoms with Crippen molar-refractivity contribution in [2.24, 2.45) is 0 Å². The van der Waals surface area contributed by atoms with Gasteiger partial charge >= 0.3 is 0 Å². The van der Waals surface area contributed by atoms with Gasteiger partial charge in [-0.3, -0.25) is 0 Å². The first-order valence-corrected chi connectivity index (χ1v) is 10.3. The Morgan fingerprint density at radius 1 is 0.654 bits per heavy atom. The molecule has 0 spiro atoms. The first kappa shape index (κ1) is 20.2. The average molecular weight is 347 g/mol. The van der Waals surface area contributed by atoms with Gasteiger partial charge in [0.05, 0.1) is 0 Å². The van der Waals surface area contributed by atoms with E-state index in [-0.39, 0.29) is 0 Å². The molecule has 0 aliphatic rings. The third kappa shape index (κ3) is 6.02. The molecule has 0 heteroatoms. The summed E-state index contributed by atoms with van der Waals surface area (Å²) >= 11 is 0. The molecule has 0 nitrogen and oxygen atoms in total. The Morgan fingerprint density at radius 3 is 1.69 bits per heavy atom. The van der Waals surface area contributed by atoms with E-state index in [4.69, 9.17) is 0 Å². The number of benzene rings is 2. The second kappa shape index (κ2) is 11.5. The van der Waals surface area contributed by atoms with Crippen LogP contribution in [0.2, 0.25) is 0 Å². The zero-order chi connectivity index (χ0) is 18.6. The maximum atomic E-state index is 4.52. The number of allylic oxidation sites excluding steroid dienone is 3. The van der Waals surface area contributed by atoms with E-state index in [1.54, 1.807) is 0 Å². The van der Waals surface area contributed by atoms with Crippen molar-refractivity contribution in [3.63, 3.8) is 0 Å². The fourth-order valence-corrected chi connectivity index (χ4v) is 3.51. The summed E-state index contributed by atoms with van der Waals surface area (Å²) in [5.74, 6) is 0. The van der Waals surface area contributed by atoms with Crippen LogP contribution >= 0.6 is 0 Å². The minimum atomic E-state index is 1.12. The van der Waals surface area contributed by atoms with Crippen LogP contribution in [0, 0.1) is 0 Å². The second-order valence-electron chi connectivity index (χ2n) is 7.08. The third-order valence-corrected chi connectivity index (χ3v) is 5.03. The van der Waals surface area contributed by atoms with Gasteiger partial charge in [0.15, 0.2) is 0 Å². The molecule has 26 heavy (non-hydrogen) atoms. The monoisotopic (exact) mass is 346 g/mol. The molecule has 0 fully saturated rings. The highest BCUT2D eigenvalue weighted by atomic mass is 14.2. The second-order valence-corrected chi connectivity index (χ2v) is 7.08. The van der Waals surface area contributed by atoms with Crippen LogP contribution < -0.4 is 0 Å². The van der Waals surface area contributed by atoms with E-state index in [0.717, 1.165) is 12.8 Å². The highest BCUT2D eigenvalue weighted by Gasteiger charge is 2.13. The van der Waals surface area contributed by atoms with E-state index >= 15 is 0 Å². The molecule has 0 aliphatic heterocycles. The molecule has 0 bridgehead atoms. The fraction of sp³-hybridized carbons (Fsp3) is 0.385. The van der Waals surface area contributed by atoms with Crippen molar-refractivity contribution in [1.29, 1.82) is 0 Å². The standard InChI is InChI=1S/C26H34/c1-4-6-10-20-25(22(3)23-16-12-8-13-17-23)26(21-11-7-5-2)24-18-14-9-15-19-24/h8-9,12-19H,3-7,10-11,20-21H2,1-2H3/b26-25-. The summed E-state index contributed by atoms with van der Waals surface area (Å²) in [6, 6.07) is 21.6. The van der Waals surface area contributed by atoms with Crippen LogP contribution in [0.5, 0.6) is 0 Å². The van der Waals surface area contributed by atoms with Crippen molar-refractivity contribution in [2.75, 3.05) is 0 Å². The normalized spacial score (nSPS) is 11.9. The number of rotatable bonds is 11. The molecule has 138 valence electrons. The van der Waals surface area contributed by atoms with Crippen molar-refractivity contribution in [2.45, 2.75) is 65.2 Å². The van der Waals surface area contributed by atoms with Crippen molar-refractivity contribution in [3.05, 3.63) is 83.9 Å². The molecular formula is C26H34. The lowest BCUT2D eigenvalue weighted by atomic mass is 9.86. The molecule has 2 rings (SSSR count). The van der Waals surface area contributed by atoms with E-state index in [1.165, 1.54) is 66.4 Å². The number of unbranched alkanes of at least 4 members (excludes halogenated alkanes) is 4. The lowest BCUT2D eigenvalue weighted by Gasteiger charge is -2.19. The minimum absolute atomic E-state index is 1.12. The molecule has 0 amide bonds. The predicted octanol–water partition coefficient (Wildman–Crippen LogP) is 8.31. The van der Waals surface area contributed by atoms with E-state index in [1.807, 2.05) is 0 Å². The molecule has 0 unspecified atom stereocenters. The minimum Gasteiger partial charge on any atom is -0.0909 e. The summed E-state index contributed by atoms with van der Waals surface area (Å²) in [5, 5.41) is 0. The number of hydrogen-bond acceptors (Lipinski definition) is 0. The summed E-state index contributed by atoms with van der Waals surface area (Å²) in [5.41, 5.74) is 6.79. The zero-order valence-corrected chi connectivity index (χ0v) is 16.6. The highest BCUT2D eigenvalue weighted by Crippen LogP contribution is 2.35. The SMILES string of the molecule is C=C(/C(CCCCC)=C(/CCCCC)c1ccccc1)c1ccccc1. The molecule has 0 saturated heterocycles. The smallest absolute Gasteiger partial charge is 0.0187 e. The average Bonchev–Trinajstić information content (AvgIpc) is 2.70. The molecule has 2 aromatic rings. The third-order valence-electron chi connectivity index (χ3n) is 5.03. The van der Waals surface area contributed by atoms with Crippen molar-refractivity contribution >= 4 is 11.1 Å². The van der Waals surface area contributed by atoms with Gasteiger partial charge in [-0.1, -0.05) is 107 Å². The van der Waals surface area contributed by atoms with Crippen LogP contribution in [-0.4, -0.2) is 0 Å². The van der Waals surface area contributed by atoms with E-state index < -0.39 is 0 Å². The summed E-state index contributed by atoms with van der Waals surface area (Å²) in [7, 11) is 0. The van der Waals surface area contributed by atoms with Gasteiger partial charge in [0.25, 0.3) is 0 Å². The van der Waals surface area contributed by atoms with Crippen LogP contribution in [0.15, 0.2) is 72.8 Å². The van der Waals surface area contributed by atoms with E-state index in [9.17, 15) is 0 Å². The van der Waals surface area contributed by atoms with Crippen LogP contribution in [0.1, 0.15) is 76.3 Å². The Balaban J connectivity index is 2.44. The van der Waals surface area contributed by atoms with Crippen molar-refractivity contribution < 1.29 is 0 Å². The molecule has 0 aliphatic carbocycles. The van der Waals surface area contributed by atoms with Gasteiger partial charge in [0.2, 0.25) is 0 Å². The Bertz CT molecular complexity index is 676. The highest BCUT2D eigenvalue weighted by molar-refractivity contribution is 5.88. The van der Waals surface area contributed by atoms with Gasteiger partial charge in [0, 0.05) is 0 Å². The summed E-state index contributed by atoms with van der Waals surface area (Å²) < 4.78 is 0. The van der Waals surface area contributed by atoms with Gasteiger partial charge < -0.3 is 0 Å². The number of hydrogen-bond donors (Lipinski definition) is 0. The fourth-order valence-electron chi connectivity index (χ4n) is 3.51. The lowest BCUT2D eigenvalue weighted by Crippen LogP contribution is -1.97. The Labute approximate surface area is 160 Å². The molecule has 0 saturated carbocycles. The summed E-state index contributed by atoms with van der Waals surface area (Å²) in [6.45, 7) is 9.07. The Hall–Kier alpha value is -2.08. The van der Waals surface area contributed by atoms with Gasteiger partial charge in [-0.2, -0.15) is 0 Å².